The summed E-state index contributed by atoms with van der Waals surface area (Å²) >= 11 is 1.72. The fraction of sp³-hybridized carbons (Fsp3) is 0.455. The molecule has 0 saturated heterocycles. The molecule has 1 fully saturated rings. The number of hydrogen-bond acceptors (Lipinski definition) is 4. The summed E-state index contributed by atoms with van der Waals surface area (Å²) in [6.45, 7) is 0. The molecule has 0 spiro atoms. The molecule has 0 radical (unpaired) electrons. The van der Waals surface area contributed by atoms with Gasteiger partial charge in [0.1, 0.15) is 11.1 Å². The monoisotopic (exact) mass is 219 g/mol. The Balaban J connectivity index is 2.16. The predicted octanol–water partition coefficient (Wildman–Crippen LogP) is 2.57. The van der Waals surface area contributed by atoms with Gasteiger partial charge < -0.3 is 5.73 Å². The number of aromatic nitrogens is 1. The molecule has 1 aromatic rings. The van der Waals surface area contributed by atoms with Gasteiger partial charge in [0.15, 0.2) is 0 Å². The molecular weight excluding hydrogens is 206 g/mol. The van der Waals surface area contributed by atoms with Crippen molar-refractivity contribution < 1.29 is 0 Å². The number of nitrogens with zero attached hydrogens (tertiary/aromatic N) is 2. The highest BCUT2D eigenvalue weighted by Gasteiger charge is 2.18. The number of nitrogen functional groups attached to an aromatic ring is 1. The molecule has 2 rings (SSSR count). The molecule has 1 heterocycles. The van der Waals surface area contributed by atoms with Crippen LogP contribution in [0.1, 0.15) is 31.2 Å². The van der Waals surface area contributed by atoms with E-state index in [9.17, 15) is 0 Å². The SMILES string of the molecule is N#Cc1cc(N)cnc1SC1CCCC1. The van der Waals surface area contributed by atoms with Crippen LogP contribution in [0.25, 0.3) is 0 Å². The second-order valence-electron chi connectivity index (χ2n) is 3.76. The zero-order valence-electron chi connectivity index (χ0n) is 8.44. The quantitative estimate of drug-likeness (QED) is 0.830. The van der Waals surface area contributed by atoms with Gasteiger partial charge in [0.2, 0.25) is 0 Å². The molecule has 1 saturated carbocycles. The lowest BCUT2D eigenvalue weighted by molar-refractivity contribution is 0.886. The fourth-order valence-electron chi connectivity index (χ4n) is 1.81. The van der Waals surface area contributed by atoms with Crippen LogP contribution in [0, 0.1) is 11.3 Å². The minimum atomic E-state index is 0.558. The molecule has 1 aromatic heterocycles. The van der Waals surface area contributed by atoms with Gasteiger partial charge in [-0.1, -0.05) is 12.8 Å². The zero-order chi connectivity index (χ0) is 10.7. The van der Waals surface area contributed by atoms with E-state index in [0.717, 1.165) is 5.03 Å². The Labute approximate surface area is 93.7 Å². The first-order valence-corrected chi connectivity index (χ1v) is 6.00. The first-order chi connectivity index (χ1) is 7.29. The highest BCUT2D eigenvalue weighted by Crippen LogP contribution is 2.35. The van der Waals surface area contributed by atoms with Crippen LogP contribution < -0.4 is 5.73 Å². The fourth-order valence-corrected chi connectivity index (χ4v) is 3.04. The number of hydrogen-bond donors (Lipinski definition) is 1. The van der Waals surface area contributed by atoms with Crippen molar-refractivity contribution in [1.29, 1.82) is 5.26 Å². The van der Waals surface area contributed by atoms with Gasteiger partial charge in [-0.2, -0.15) is 5.26 Å². The number of nitriles is 1. The van der Waals surface area contributed by atoms with Gasteiger partial charge in [-0.3, -0.25) is 0 Å². The highest BCUT2D eigenvalue weighted by atomic mass is 32.2. The maximum atomic E-state index is 8.96. The zero-order valence-corrected chi connectivity index (χ0v) is 9.26. The summed E-state index contributed by atoms with van der Waals surface area (Å²) in [5.41, 5.74) is 6.75. The molecule has 4 heteroatoms. The highest BCUT2D eigenvalue weighted by molar-refractivity contribution is 7.99. The van der Waals surface area contributed by atoms with Crippen LogP contribution in [-0.2, 0) is 0 Å². The molecule has 1 aliphatic rings. The average Bonchev–Trinajstić information content (AvgIpc) is 2.73. The Bertz CT molecular complexity index is 391. The summed E-state index contributed by atoms with van der Waals surface area (Å²) in [5.74, 6) is 0. The smallest absolute Gasteiger partial charge is 0.114 e. The van der Waals surface area contributed by atoms with Crippen molar-refractivity contribution in [2.45, 2.75) is 36.0 Å². The first kappa shape index (κ1) is 10.3. The van der Waals surface area contributed by atoms with Crippen molar-refractivity contribution in [1.82, 2.24) is 4.98 Å². The normalized spacial score (nSPS) is 16.5. The van der Waals surface area contributed by atoms with E-state index in [1.807, 2.05) is 0 Å². The molecule has 2 N–H and O–H groups in total. The Hall–Kier alpha value is -1.21. The standard InChI is InChI=1S/C11H13N3S/c12-6-8-5-9(13)7-14-11(8)15-10-3-1-2-4-10/h5,7,10H,1-4,13H2. The van der Waals surface area contributed by atoms with Gasteiger partial charge in [-0.25, -0.2) is 4.98 Å². The van der Waals surface area contributed by atoms with Crippen LogP contribution in [0.15, 0.2) is 17.3 Å². The average molecular weight is 219 g/mol. The van der Waals surface area contributed by atoms with Gasteiger partial charge in [-0.05, 0) is 18.9 Å². The van der Waals surface area contributed by atoms with Gasteiger partial charge >= 0.3 is 0 Å². The number of rotatable bonds is 2. The van der Waals surface area contributed by atoms with Gasteiger partial charge in [0, 0.05) is 5.25 Å². The summed E-state index contributed by atoms with van der Waals surface area (Å²) in [5, 5.41) is 10.4. The Kier molecular flexibility index (Phi) is 3.12. The molecule has 3 nitrogen and oxygen atoms in total. The van der Waals surface area contributed by atoms with Gasteiger partial charge in [-0.15, -0.1) is 11.8 Å². The lowest BCUT2D eigenvalue weighted by Crippen LogP contribution is -1.98. The van der Waals surface area contributed by atoms with Crippen molar-refractivity contribution in [2.75, 3.05) is 5.73 Å². The third kappa shape index (κ3) is 2.42. The molecule has 0 aliphatic heterocycles. The van der Waals surface area contributed by atoms with Gasteiger partial charge in [0.25, 0.3) is 0 Å². The van der Waals surface area contributed by atoms with E-state index in [1.165, 1.54) is 25.7 Å². The third-order valence-electron chi connectivity index (χ3n) is 2.57. The Morgan fingerprint density at radius 3 is 2.87 bits per heavy atom. The van der Waals surface area contributed by atoms with Crippen LogP contribution in [-0.4, -0.2) is 10.2 Å². The van der Waals surface area contributed by atoms with Crippen LogP contribution in [0.3, 0.4) is 0 Å². The first-order valence-electron chi connectivity index (χ1n) is 5.12. The van der Waals surface area contributed by atoms with Crippen LogP contribution in [0.4, 0.5) is 5.69 Å². The summed E-state index contributed by atoms with van der Waals surface area (Å²) in [6, 6.07) is 3.85. The molecule has 0 bridgehead atoms. The number of anilines is 1. The summed E-state index contributed by atoms with van der Waals surface area (Å²) < 4.78 is 0. The molecule has 1 aliphatic carbocycles. The van der Waals surface area contributed by atoms with E-state index in [2.05, 4.69) is 11.1 Å². The largest absolute Gasteiger partial charge is 0.397 e. The molecule has 15 heavy (non-hydrogen) atoms. The summed E-state index contributed by atoms with van der Waals surface area (Å²) in [7, 11) is 0. The number of thioether (sulfide) groups is 1. The van der Waals surface area contributed by atoms with E-state index in [0.29, 0.717) is 16.5 Å². The maximum Gasteiger partial charge on any atom is 0.114 e. The summed E-state index contributed by atoms with van der Waals surface area (Å²) in [6.07, 6.45) is 6.70. The second kappa shape index (κ2) is 4.54. The van der Waals surface area contributed by atoms with Crippen LogP contribution in [0.2, 0.25) is 0 Å². The van der Waals surface area contributed by atoms with E-state index in [4.69, 9.17) is 11.0 Å². The lowest BCUT2D eigenvalue weighted by Gasteiger charge is -2.08. The van der Waals surface area contributed by atoms with Crippen molar-refractivity contribution in [2.24, 2.45) is 0 Å². The minimum Gasteiger partial charge on any atom is -0.397 e. The van der Waals surface area contributed by atoms with Crippen molar-refractivity contribution in [3.05, 3.63) is 17.8 Å². The molecule has 0 aromatic carbocycles. The van der Waals surface area contributed by atoms with Crippen molar-refractivity contribution >= 4 is 17.4 Å². The number of nitrogens with two attached hydrogens (primary N) is 1. The van der Waals surface area contributed by atoms with E-state index < -0.39 is 0 Å². The summed E-state index contributed by atoms with van der Waals surface area (Å²) in [4.78, 5) is 4.23. The molecule has 0 unspecified atom stereocenters. The van der Waals surface area contributed by atoms with Crippen molar-refractivity contribution in [3.63, 3.8) is 0 Å². The van der Waals surface area contributed by atoms with Crippen LogP contribution in [0.5, 0.6) is 0 Å². The Morgan fingerprint density at radius 1 is 1.47 bits per heavy atom. The topological polar surface area (TPSA) is 62.7 Å². The Morgan fingerprint density at radius 2 is 2.20 bits per heavy atom. The van der Waals surface area contributed by atoms with E-state index in [-0.39, 0.29) is 0 Å². The predicted molar refractivity (Wildman–Crippen MR) is 61.5 cm³/mol. The maximum absolute atomic E-state index is 8.96. The number of pyridine rings is 1. The molecule has 0 atom stereocenters. The minimum absolute atomic E-state index is 0.558. The van der Waals surface area contributed by atoms with E-state index >= 15 is 0 Å². The second-order valence-corrected chi connectivity index (χ2v) is 5.05. The molecule has 78 valence electrons. The lowest BCUT2D eigenvalue weighted by atomic mass is 10.3. The van der Waals surface area contributed by atoms with Crippen LogP contribution >= 0.6 is 11.8 Å². The van der Waals surface area contributed by atoms with E-state index in [1.54, 1.807) is 24.0 Å². The molecule has 0 amide bonds. The van der Waals surface area contributed by atoms with Gasteiger partial charge in [0.05, 0.1) is 17.4 Å². The molecular formula is C11H13N3S. The third-order valence-corrected chi connectivity index (χ3v) is 3.93. The van der Waals surface area contributed by atoms with Crippen molar-refractivity contribution in [3.8, 4) is 6.07 Å².